The van der Waals surface area contributed by atoms with Gasteiger partial charge < -0.3 is 0 Å². The molecule has 18 heavy (non-hydrogen) atoms. The third kappa shape index (κ3) is 3.11. The van der Waals surface area contributed by atoms with Gasteiger partial charge in [0.25, 0.3) is 0 Å². The first kappa shape index (κ1) is 14.4. The second-order valence-electron chi connectivity index (χ2n) is 4.05. The number of aryl methyl sites for hydroxylation is 1. The number of alkyl halides is 1. The summed E-state index contributed by atoms with van der Waals surface area (Å²) in [7, 11) is 0. The van der Waals surface area contributed by atoms with Crippen LogP contribution in [0, 0.1) is 6.92 Å². The number of hydrogen-bond donors (Lipinski definition) is 0. The lowest BCUT2D eigenvalue weighted by Crippen LogP contribution is -1.95. The van der Waals surface area contributed by atoms with Gasteiger partial charge in [-0.2, -0.15) is 0 Å². The Balaban J connectivity index is 2.44. The zero-order valence-electron chi connectivity index (χ0n) is 9.55. The van der Waals surface area contributed by atoms with Crippen LogP contribution in [0.2, 0.25) is 10.0 Å². The minimum atomic E-state index is 0.0391. The molecule has 0 aliphatic rings. The van der Waals surface area contributed by atoms with Crippen LogP contribution in [0.15, 0.2) is 40.9 Å². The minimum absolute atomic E-state index is 0.0391. The van der Waals surface area contributed by atoms with Gasteiger partial charge in [-0.1, -0.05) is 73.3 Å². The summed E-state index contributed by atoms with van der Waals surface area (Å²) < 4.78 is 1.07. The topological polar surface area (TPSA) is 0 Å². The van der Waals surface area contributed by atoms with Crippen LogP contribution >= 0.6 is 55.1 Å². The lowest BCUT2D eigenvalue weighted by atomic mass is 10.0. The molecule has 0 bridgehead atoms. The van der Waals surface area contributed by atoms with Crippen molar-refractivity contribution in [3.8, 4) is 0 Å². The first-order valence-corrected chi connectivity index (χ1v) is 7.80. The Morgan fingerprint density at radius 1 is 1.00 bits per heavy atom. The van der Waals surface area contributed by atoms with Gasteiger partial charge in [0, 0.05) is 14.5 Å². The van der Waals surface area contributed by atoms with Crippen molar-refractivity contribution in [3.05, 3.63) is 67.6 Å². The second kappa shape index (κ2) is 5.96. The van der Waals surface area contributed by atoms with Gasteiger partial charge in [-0.25, -0.2) is 0 Å². The molecule has 0 saturated carbocycles. The van der Waals surface area contributed by atoms with Gasteiger partial charge in [0.2, 0.25) is 0 Å². The van der Waals surface area contributed by atoms with Crippen LogP contribution in [0.5, 0.6) is 0 Å². The third-order valence-corrected chi connectivity index (χ3v) is 4.90. The van der Waals surface area contributed by atoms with E-state index in [2.05, 4.69) is 57.0 Å². The normalized spacial score (nSPS) is 12.5. The van der Waals surface area contributed by atoms with Gasteiger partial charge in [-0.3, -0.25) is 0 Å². The molecule has 0 saturated heterocycles. The monoisotopic (exact) mass is 406 g/mol. The molecule has 0 nitrogen and oxygen atoms in total. The highest BCUT2D eigenvalue weighted by atomic mass is 79.9. The molecule has 0 N–H and O–H groups in total. The molecule has 2 aromatic carbocycles. The Bertz CT molecular complexity index is 531. The van der Waals surface area contributed by atoms with E-state index in [4.69, 9.17) is 23.2 Å². The second-order valence-corrected chi connectivity index (χ2v) is 6.67. The zero-order valence-corrected chi connectivity index (χ0v) is 14.2. The Morgan fingerprint density at radius 2 is 1.67 bits per heavy atom. The Morgan fingerprint density at radius 3 is 2.28 bits per heavy atom. The van der Waals surface area contributed by atoms with Crippen molar-refractivity contribution in [2.75, 3.05) is 0 Å². The van der Waals surface area contributed by atoms with Crippen LogP contribution < -0.4 is 0 Å². The smallest absolute Gasteiger partial charge is 0.0670 e. The Labute approximate surface area is 134 Å². The van der Waals surface area contributed by atoms with Gasteiger partial charge in [0.1, 0.15) is 0 Å². The van der Waals surface area contributed by atoms with Crippen molar-refractivity contribution in [1.82, 2.24) is 0 Å². The zero-order chi connectivity index (χ0) is 13.3. The third-order valence-electron chi connectivity index (χ3n) is 2.66. The number of benzene rings is 2. The number of halogens is 4. The van der Waals surface area contributed by atoms with E-state index in [0.717, 1.165) is 15.6 Å². The standard InChI is InChI=1S/C14H10Br2Cl2/c1-8-2-4-10(12(15)6-8)14(16)11-5-3-9(17)7-13(11)18/h2-7,14H,1H3. The fourth-order valence-corrected chi connectivity index (χ4v) is 4.19. The van der Waals surface area contributed by atoms with Crippen LogP contribution in [0.25, 0.3) is 0 Å². The maximum atomic E-state index is 6.23. The van der Waals surface area contributed by atoms with Gasteiger partial charge in [-0.15, -0.1) is 0 Å². The highest BCUT2D eigenvalue weighted by molar-refractivity contribution is 9.11. The van der Waals surface area contributed by atoms with E-state index in [9.17, 15) is 0 Å². The molecule has 4 heteroatoms. The molecular weight excluding hydrogens is 399 g/mol. The number of rotatable bonds is 2. The van der Waals surface area contributed by atoms with E-state index in [-0.39, 0.29) is 4.83 Å². The summed E-state index contributed by atoms with van der Waals surface area (Å²) >= 11 is 19.4. The molecule has 0 radical (unpaired) electrons. The van der Waals surface area contributed by atoms with Crippen LogP contribution in [0.1, 0.15) is 21.5 Å². The molecule has 0 spiro atoms. The average Bonchev–Trinajstić information content (AvgIpc) is 2.28. The van der Waals surface area contributed by atoms with E-state index in [1.165, 1.54) is 5.56 Å². The van der Waals surface area contributed by atoms with Gasteiger partial charge in [0.15, 0.2) is 0 Å². The SMILES string of the molecule is Cc1ccc(C(Br)c2ccc(Cl)cc2Cl)c(Br)c1. The lowest BCUT2D eigenvalue weighted by molar-refractivity contribution is 1.16. The van der Waals surface area contributed by atoms with Crippen molar-refractivity contribution < 1.29 is 0 Å². The maximum Gasteiger partial charge on any atom is 0.0670 e. The van der Waals surface area contributed by atoms with Crippen LogP contribution in [-0.4, -0.2) is 0 Å². The Hall–Kier alpha value is -0.0200. The van der Waals surface area contributed by atoms with Gasteiger partial charge in [0.05, 0.1) is 4.83 Å². The van der Waals surface area contributed by atoms with Crippen LogP contribution in [0.3, 0.4) is 0 Å². The molecule has 0 amide bonds. The van der Waals surface area contributed by atoms with Gasteiger partial charge >= 0.3 is 0 Å². The van der Waals surface area contributed by atoms with Crippen LogP contribution in [0.4, 0.5) is 0 Å². The van der Waals surface area contributed by atoms with Crippen molar-refractivity contribution >= 4 is 55.1 Å². The van der Waals surface area contributed by atoms with E-state index >= 15 is 0 Å². The summed E-state index contributed by atoms with van der Waals surface area (Å²) in [5, 5.41) is 1.31. The molecule has 0 heterocycles. The summed E-state index contributed by atoms with van der Waals surface area (Å²) in [4.78, 5) is 0.0391. The highest BCUT2D eigenvalue weighted by Crippen LogP contribution is 2.39. The molecule has 0 aliphatic heterocycles. The van der Waals surface area contributed by atoms with Crippen LogP contribution in [-0.2, 0) is 0 Å². The van der Waals surface area contributed by atoms with Crippen molar-refractivity contribution in [1.29, 1.82) is 0 Å². The fraction of sp³-hybridized carbons (Fsp3) is 0.143. The first-order valence-electron chi connectivity index (χ1n) is 5.34. The molecule has 1 unspecified atom stereocenters. The summed E-state index contributed by atoms with van der Waals surface area (Å²) in [6.07, 6.45) is 0. The molecule has 0 fully saturated rings. The molecule has 2 aromatic rings. The molecule has 94 valence electrons. The molecule has 0 aliphatic carbocycles. The highest BCUT2D eigenvalue weighted by Gasteiger charge is 2.16. The van der Waals surface area contributed by atoms with E-state index in [1.54, 1.807) is 6.07 Å². The predicted molar refractivity (Wildman–Crippen MR) is 86.1 cm³/mol. The quantitative estimate of drug-likeness (QED) is 0.494. The lowest BCUT2D eigenvalue weighted by Gasteiger charge is -2.15. The van der Waals surface area contributed by atoms with E-state index < -0.39 is 0 Å². The largest absolute Gasteiger partial charge is 0.0843 e. The predicted octanol–water partition coefficient (Wildman–Crippen LogP) is 6.55. The molecule has 2 rings (SSSR count). The summed E-state index contributed by atoms with van der Waals surface area (Å²) in [6.45, 7) is 2.06. The molecule has 1 atom stereocenters. The molecule has 0 aromatic heterocycles. The first-order chi connectivity index (χ1) is 8.49. The Kier molecular flexibility index (Phi) is 4.76. The van der Waals surface area contributed by atoms with E-state index in [0.29, 0.717) is 10.0 Å². The minimum Gasteiger partial charge on any atom is -0.0843 e. The summed E-state index contributed by atoms with van der Waals surface area (Å²) in [5.41, 5.74) is 3.36. The van der Waals surface area contributed by atoms with Crippen molar-refractivity contribution in [3.63, 3.8) is 0 Å². The van der Waals surface area contributed by atoms with Gasteiger partial charge in [-0.05, 0) is 41.8 Å². The summed E-state index contributed by atoms with van der Waals surface area (Å²) in [5.74, 6) is 0. The number of hydrogen-bond acceptors (Lipinski definition) is 0. The maximum absolute atomic E-state index is 6.23. The van der Waals surface area contributed by atoms with E-state index in [1.807, 2.05) is 12.1 Å². The van der Waals surface area contributed by atoms with Crippen molar-refractivity contribution in [2.24, 2.45) is 0 Å². The average molecular weight is 409 g/mol. The van der Waals surface area contributed by atoms with Crippen molar-refractivity contribution in [2.45, 2.75) is 11.8 Å². The summed E-state index contributed by atoms with van der Waals surface area (Å²) in [6, 6.07) is 11.8. The fourth-order valence-electron chi connectivity index (χ4n) is 1.71. The molecular formula is C14H10Br2Cl2.